The van der Waals surface area contributed by atoms with E-state index in [1.807, 2.05) is 4.57 Å². The summed E-state index contributed by atoms with van der Waals surface area (Å²) in [6, 6.07) is 3.28. The van der Waals surface area contributed by atoms with Gasteiger partial charge in [-0.05, 0) is 25.0 Å². The lowest BCUT2D eigenvalue weighted by Crippen LogP contribution is -2.21. The van der Waals surface area contributed by atoms with Crippen LogP contribution in [-0.4, -0.2) is 22.6 Å². The van der Waals surface area contributed by atoms with Gasteiger partial charge in [0, 0.05) is 25.4 Å². The zero-order valence-electron chi connectivity index (χ0n) is 12.7. The Morgan fingerprint density at radius 3 is 3.04 bits per heavy atom. The van der Waals surface area contributed by atoms with E-state index < -0.39 is 11.9 Å². The first kappa shape index (κ1) is 16.0. The van der Waals surface area contributed by atoms with Crippen molar-refractivity contribution < 1.29 is 13.9 Å². The number of halogens is 2. The number of carbonyl (C=O) groups excluding carboxylic acids is 1. The van der Waals surface area contributed by atoms with Crippen molar-refractivity contribution in [1.29, 1.82) is 0 Å². The molecule has 2 aromatic heterocycles. The van der Waals surface area contributed by atoms with Gasteiger partial charge in [0.2, 0.25) is 11.9 Å². The van der Waals surface area contributed by atoms with E-state index in [1.165, 1.54) is 6.20 Å². The highest BCUT2D eigenvalue weighted by Gasteiger charge is 2.32. The van der Waals surface area contributed by atoms with Crippen molar-refractivity contribution in [3.8, 4) is 11.3 Å². The number of hydrogen-bond donors (Lipinski definition) is 1. The van der Waals surface area contributed by atoms with Gasteiger partial charge in [0.1, 0.15) is 0 Å². The first-order valence-electron chi connectivity index (χ1n) is 7.37. The Kier molecular flexibility index (Phi) is 4.37. The average molecular weight is 338 g/mol. The lowest BCUT2D eigenvalue weighted by Gasteiger charge is -2.26. The largest absolute Gasteiger partial charge is 0.375 e. The van der Waals surface area contributed by atoms with Crippen molar-refractivity contribution in [3.63, 3.8) is 0 Å². The van der Waals surface area contributed by atoms with Crippen LogP contribution < -0.4 is 5.73 Å². The highest BCUT2D eigenvalue weighted by Crippen LogP contribution is 2.43. The molecule has 0 bridgehead atoms. The molecule has 23 heavy (non-hydrogen) atoms. The predicted molar refractivity (Wildman–Crippen MR) is 84.5 cm³/mol. The number of aromatic nitrogens is 2. The minimum absolute atomic E-state index is 0.00406. The van der Waals surface area contributed by atoms with Crippen LogP contribution in [0.15, 0.2) is 18.3 Å². The number of ether oxygens (including phenoxy) is 1. The summed E-state index contributed by atoms with van der Waals surface area (Å²) in [6.07, 6.45) is 2.88. The summed E-state index contributed by atoms with van der Waals surface area (Å²) in [4.78, 5) is 15.1. The fourth-order valence-electron chi connectivity index (χ4n) is 3.23. The maximum atomic E-state index is 14.2. The molecule has 0 saturated heterocycles. The zero-order chi connectivity index (χ0) is 16.6. The smallest absolute Gasteiger partial charge is 0.222 e. The first-order valence-corrected chi connectivity index (χ1v) is 7.75. The number of nitrogens with zero attached hydrogens (tertiary/aromatic N) is 2. The lowest BCUT2D eigenvalue weighted by atomic mass is 10.0. The van der Waals surface area contributed by atoms with Gasteiger partial charge < -0.3 is 15.0 Å². The van der Waals surface area contributed by atoms with Crippen molar-refractivity contribution in [2.75, 3.05) is 7.11 Å². The monoisotopic (exact) mass is 337 g/mol. The first-order chi connectivity index (χ1) is 11.0. The standard InChI is InChI=1S/C16H17ClFN3O2/c1-23-11-5-3-7-21-14(11)10(8-12(19)22)13(17)15(21)9-4-2-6-20-16(9)18/h2,4,6,11H,3,5,7-8H2,1H3,(H2,19,22). The molecule has 1 atom stereocenters. The van der Waals surface area contributed by atoms with E-state index in [9.17, 15) is 9.18 Å². The van der Waals surface area contributed by atoms with Crippen molar-refractivity contribution in [2.24, 2.45) is 5.73 Å². The number of rotatable bonds is 4. The fraction of sp³-hybridized carbons (Fsp3) is 0.375. The minimum atomic E-state index is -0.597. The summed E-state index contributed by atoms with van der Waals surface area (Å²) in [5.74, 6) is -1.08. The van der Waals surface area contributed by atoms with Crippen LogP contribution in [0.1, 0.15) is 30.2 Å². The van der Waals surface area contributed by atoms with E-state index in [0.29, 0.717) is 28.4 Å². The Bertz CT molecular complexity index is 760. The van der Waals surface area contributed by atoms with Gasteiger partial charge in [0.15, 0.2) is 0 Å². The second-order valence-electron chi connectivity index (χ2n) is 5.53. The van der Waals surface area contributed by atoms with Crippen LogP contribution in [0.5, 0.6) is 0 Å². The van der Waals surface area contributed by atoms with Crippen LogP contribution in [0, 0.1) is 5.95 Å². The van der Waals surface area contributed by atoms with E-state index in [2.05, 4.69) is 4.98 Å². The summed E-state index contributed by atoms with van der Waals surface area (Å²) < 4.78 is 21.6. The maximum Gasteiger partial charge on any atom is 0.222 e. The molecule has 2 aromatic rings. The van der Waals surface area contributed by atoms with Crippen LogP contribution >= 0.6 is 11.6 Å². The molecule has 1 aliphatic rings. The van der Waals surface area contributed by atoms with Gasteiger partial charge in [-0.25, -0.2) is 4.98 Å². The molecule has 122 valence electrons. The van der Waals surface area contributed by atoms with Gasteiger partial charge in [0.25, 0.3) is 0 Å². The Morgan fingerprint density at radius 1 is 1.61 bits per heavy atom. The highest BCUT2D eigenvalue weighted by molar-refractivity contribution is 6.34. The number of fused-ring (bicyclic) bond motifs is 1. The van der Waals surface area contributed by atoms with E-state index in [0.717, 1.165) is 18.5 Å². The lowest BCUT2D eigenvalue weighted by molar-refractivity contribution is -0.117. The molecule has 0 aromatic carbocycles. The average Bonchev–Trinajstić information content (AvgIpc) is 2.80. The number of carbonyl (C=O) groups is 1. The number of amides is 1. The highest BCUT2D eigenvalue weighted by atomic mass is 35.5. The molecule has 0 fully saturated rings. The van der Waals surface area contributed by atoms with Crippen LogP contribution in [0.3, 0.4) is 0 Å². The molecule has 1 unspecified atom stereocenters. The molecule has 2 N–H and O–H groups in total. The normalized spacial score (nSPS) is 17.1. The second kappa shape index (κ2) is 6.29. The second-order valence-corrected chi connectivity index (χ2v) is 5.91. The molecule has 3 heterocycles. The quantitative estimate of drug-likeness (QED) is 0.872. The van der Waals surface area contributed by atoms with Gasteiger partial charge >= 0.3 is 0 Å². The molecule has 1 aliphatic heterocycles. The summed E-state index contributed by atoms with van der Waals surface area (Å²) in [7, 11) is 1.61. The van der Waals surface area contributed by atoms with Gasteiger partial charge in [-0.15, -0.1) is 0 Å². The minimum Gasteiger partial charge on any atom is -0.375 e. The Labute approximate surface area is 138 Å². The summed E-state index contributed by atoms with van der Waals surface area (Å²) in [5, 5.41) is 0.342. The van der Waals surface area contributed by atoms with Gasteiger partial charge in [0.05, 0.1) is 34.5 Å². The van der Waals surface area contributed by atoms with Gasteiger partial charge in [-0.2, -0.15) is 4.39 Å². The molecule has 1 amide bonds. The third-order valence-electron chi connectivity index (χ3n) is 4.15. The van der Waals surface area contributed by atoms with Crippen molar-refractivity contribution in [2.45, 2.75) is 31.9 Å². The van der Waals surface area contributed by atoms with Crippen LogP contribution in [-0.2, 0) is 22.5 Å². The number of primary amides is 1. The molecule has 0 radical (unpaired) electrons. The van der Waals surface area contributed by atoms with Crippen LogP contribution in [0.2, 0.25) is 5.02 Å². The molecule has 3 rings (SSSR count). The topological polar surface area (TPSA) is 70.1 Å². The van der Waals surface area contributed by atoms with E-state index in [-0.39, 0.29) is 12.5 Å². The molecule has 7 heteroatoms. The summed E-state index contributed by atoms with van der Waals surface area (Å²) >= 11 is 6.51. The third kappa shape index (κ3) is 2.72. The van der Waals surface area contributed by atoms with Gasteiger partial charge in [-0.3, -0.25) is 4.79 Å². The van der Waals surface area contributed by atoms with Crippen LogP contribution in [0.4, 0.5) is 4.39 Å². The molecule has 5 nitrogen and oxygen atoms in total. The number of pyridine rings is 1. The number of methoxy groups -OCH3 is 1. The molecular formula is C16H17ClFN3O2. The number of nitrogens with two attached hydrogens (primary N) is 1. The predicted octanol–water partition coefficient (Wildman–Crippen LogP) is 2.85. The van der Waals surface area contributed by atoms with E-state index in [1.54, 1.807) is 19.2 Å². The van der Waals surface area contributed by atoms with Crippen molar-refractivity contribution in [1.82, 2.24) is 9.55 Å². The summed E-state index contributed by atoms with van der Waals surface area (Å²) in [5.41, 5.74) is 7.62. The molecule has 0 aliphatic carbocycles. The molecular weight excluding hydrogens is 321 g/mol. The van der Waals surface area contributed by atoms with Crippen molar-refractivity contribution in [3.05, 3.63) is 40.6 Å². The SMILES string of the molecule is COC1CCCn2c(-c3cccnc3F)c(Cl)c(CC(N)=O)c21. The van der Waals surface area contributed by atoms with Crippen LogP contribution in [0.25, 0.3) is 11.3 Å². The zero-order valence-corrected chi connectivity index (χ0v) is 13.4. The van der Waals surface area contributed by atoms with Gasteiger partial charge in [-0.1, -0.05) is 11.6 Å². The van der Waals surface area contributed by atoms with E-state index in [4.69, 9.17) is 22.1 Å². The van der Waals surface area contributed by atoms with Crippen molar-refractivity contribution >= 4 is 17.5 Å². The Hall–Kier alpha value is -1.92. The fourth-order valence-corrected chi connectivity index (χ4v) is 3.59. The molecule has 0 spiro atoms. The molecule has 0 saturated carbocycles. The third-order valence-corrected chi connectivity index (χ3v) is 4.55. The Morgan fingerprint density at radius 2 is 2.39 bits per heavy atom. The summed E-state index contributed by atoms with van der Waals surface area (Å²) in [6.45, 7) is 0.678. The maximum absolute atomic E-state index is 14.2. The Balaban J connectivity index is 2.27. The number of hydrogen-bond acceptors (Lipinski definition) is 3. The van der Waals surface area contributed by atoms with E-state index >= 15 is 0 Å².